The number of nitrogens with zero attached hydrogens (tertiary/aromatic N) is 1. The molecule has 1 N–H and O–H groups in total. The highest BCUT2D eigenvalue weighted by molar-refractivity contribution is 5.71. The number of ether oxygens (including phenoxy) is 2. The predicted molar refractivity (Wildman–Crippen MR) is 109 cm³/mol. The third kappa shape index (κ3) is 6.32. The number of aryl methyl sites for hydroxylation is 1. The number of carbonyl (C=O) groups is 1. The van der Waals surface area contributed by atoms with Gasteiger partial charge in [-0.3, -0.25) is 5.32 Å². The van der Waals surface area contributed by atoms with E-state index in [0.29, 0.717) is 31.6 Å². The Kier molecular flexibility index (Phi) is 8.42. The highest BCUT2D eigenvalue weighted by Gasteiger charge is 2.30. The summed E-state index contributed by atoms with van der Waals surface area (Å²) >= 11 is 0. The third-order valence-electron chi connectivity index (χ3n) is 4.62. The second-order valence-electron chi connectivity index (χ2n) is 6.77. The van der Waals surface area contributed by atoms with E-state index < -0.39 is 0 Å². The molecule has 1 saturated heterocycles. The average Bonchev–Trinajstić information content (AvgIpc) is 3.06. The second kappa shape index (κ2) is 10.8. The molecule has 0 spiro atoms. The van der Waals surface area contributed by atoms with Gasteiger partial charge < -0.3 is 14.4 Å². The van der Waals surface area contributed by atoms with Gasteiger partial charge in [0, 0.05) is 20.2 Å². The van der Waals surface area contributed by atoms with Crippen molar-refractivity contribution in [2.75, 3.05) is 26.7 Å². The lowest BCUT2D eigenvalue weighted by Gasteiger charge is -2.14. The van der Waals surface area contributed by atoms with Crippen molar-refractivity contribution in [1.29, 1.82) is 0 Å². The van der Waals surface area contributed by atoms with E-state index >= 15 is 0 Å². The van der Waals surface area contributed by atoms with E-state index in [-0.39, 0.29) is 24.3 Å². The van der Waals surface area contributed by atoms with Gasteiger partial charge in [-0.15, -0.1) is 0 Å². The molecule has 2 rings (SSSR count). The lowest BCUT2D eigenvalue weighted by Crippen LogP contribution is -2.36. The first-order valence-electron chi connectivity index (χ1n) is 9.39. The topological polar surface area (TPSA) is 50.8 Å². The van der Waals surface area contributed by atoms with Crippen molar-refractivity contribution < 1.29 is 18.7 Å². The summed E-state index contributed by atoms with van der Waals surface area (Å²) in [6.45, 7) is 8.87. The van der Waals surface area contributed by atoms with Crippen LogP contribution in [-0.2, 0) is 9.47 Å². The number of halogens is 1. The largest absolute Gasteiger partial charge is 0.443 e. The summed E-state index contributed by atoms with van der Waals surface area (Å²) in [5.74, 6) is -0.340. The number of hydrogen-bond donors (Lipinski definition) is 1. The molecule has 28 heavy (non-hydrogen) atoms. The van der Waals surface area contributed by atoms with Gasteiger partial charge in [-0.2, -0.15) is 0 Å². The second-order valence-corrected chi connectivity index (χ2v) is 6.77. The quantitative estimate of drug-likeness (QED) is 0.371. The number of carbonyl (C=O) groups excluding carboxylic acids is 1. The Labute approximate surface area is 166 Å². The van der Waals surface area contributed by atoms with E-state index in [1.54, 1.807) is 12.0 Å². The van der Waals surface area contributed by atoms with Gasteiger partial charge in [0.1, 0.15) is 18.2 Å². The molecular formula is C22H29FN2O3. The van der Waals surface area contributed by atoms with E-state index in [2.05, 4.69) is 11.9 Å². The summed E-state index contributed by atoms with van der Waals surface area (Å²) in [6, 6.07) is 7.71. The molecule has 2 unspecified atom stereocenters. The van der Waals surface area contributed by atoms with Crippen molar-refractivity contribution in [2.45, 2.75) is 32.6 Å². The van der Waals surface area contributed by atoms with Gasteiger partial charge in [-0.05, 0) is 37.5 Å². The number of nitrogens with one attached hydrogen (secondary N) is 1. The van der Waals surface area contributed by atoms with E-state index in [1.807, 2.05) is 50.3 Å². The van der Waals surface area contributed by atoms with Gasteiger partial charge in [-0.1, -0.05) is 48.6 Å². The zero-order chi connectivity index (χ0) is 20.5. The number of methoxy groups -OCH3 is 1. The van der Waals surface area contributed by atoms with Gasteiger partial charge in [0.25, 0.3) is 0 Å². The monoisotopic (exact) mass is 388 g/mol. The molecule has 1 heterocycles. The van der Waals surface area contributed by atoms with Gasteiger partial charge in [-0.25, -0.2) is 9.18 Å². The first kappa shape index (κ1) is 21.9. The SMILES string of the molecule is C=C/C(F)=C(\C/C=C\CN1CC(CNC(C)OC)OC1=O)c1ccc(C)cc1. The zero-order valence-electron chi connectivity index (χ0n) is 16.8. The molecule has 1 fully saturated rings. The molecule has 0 radical (unpaired) electrons. The first-order valence-corrected chi connectivity index (χ1v) is 9.39. The number of hydrogen-bond acceptors (Lipinski definition) is 4. The average molecular weight is 388 g/mol. The molecule has 2 atom stereocenters. The Hall–Kier alpha value is -2.44. The van der Waals surface area contributed by atoms with Crippen molar-refractivity contribution >= 4 is 11.7 Å². The minimum Gasteiger partial charge on any atom is -0.443 e. The van der Waals surface area contributed by atoms with Crippen LogP contribution in [0.15, 0.2) is 54.9 Å². The Morgan fingerprint density at radius 3 is 2.79 bits per heavy atom. The van der Waals surface area contributed by atoms with Crippen LogP contribution in [0.25, 0.3) is 5.57 Å². The van der Waals surface area contributed by atoms with Crippen LogP contribution in [0.3, 0.4) is 0 Å². The van der Waals surface area contributed by atoms with Gasteiger partial charge >= 0.3 is 6.09 Å². The van der Waals surface area contributed by atoms with Crippen LogP contribution >= 0.6 is 0 Å². The summed E-state index contributed by atoms with van der Waals surface area (Å²) < 4.78 is 24.7. The van der Waals surface area contributed by atoms with Crippen LogP contribution in [0.2, 0.25) is 0 Å². The number of cyclic esters (lactones) is 1. The fourth-order valence-electron chi connectivity index (χ4n) is 2.84. The van der Waals surface area contributed by atoms with Gasteiger partial charge in [0.2, 0.25) is 0 Å². The maximum Gasteiger partial charge on any atom is 0.410 e. The lowest BCUT2D eigenvalue weighted by molar-refractivity contribution is 0.0724. The molecule has 6 heteroatoms. The highest BCUT2D eigenvalue weighted by atomic mass is 19.1. The maximum absolute atomic E-state index is 14.2. The summed E-state index contributed by atoms with van der Waals surface area (Å²) in [5.41, 5.74) is 2.52. The molecule has 0 aromatic heterocycles. The fraction of sp³-hybridized carbons (Fsp3) is 0.409. The van der Waals surface area contributed by atoms with Crippen molar-refractivity contribution in [1.82, 2.24) is 10.2 Å². The van der Waals surface area contributed by atoms with Crippen molar-refractivity contribution in [3.05, 3.63) is 66.0 Å². The normalized spacial score (nSPS) is 18.9. The van der Waals surface area contributed by atoms with E-state index in [1.165, 1.54) is 6.08 Å². The third-order valence-corrected chi connectivity index (χ3v) is 4.62. The molecule has 1 aromatic carbocycles. The maximum atomic E-state index is 14.2. The Balaban J connectivity index is 1.90. The molecule has 152 valence electrons. The van der Waals surface area contributed by atoms with E-state index in [4.69, 9.17) is 9.47 Å². The molecule has 0 bridgehead atoms. The van der Waals surface area contributed by atoms with Gasteiger partial charge in [0.05, 0.1) is 6.54 Å². The zero-order valence-corrected chi connectivity index (χ0v) is 16.8. The molecule has 0 aliphatic carbocycles. The minimum atomic E-state index is -0.340. The summed E-state index contributed by atoms with van der Waals surface area (Å²) in [6.07, 6.45) is 4.72. The smallest absolute Gasteiger partial charge is 0.410 e. The first-order chi connectivity index (χ1) is 13.4. The van der Waals surface area contributed by atoms with Crippen LogP contribution in [0.4, 0.5) is 9.18 Å². The van der Waals surface area contributed by atoms with Crippen LogP contribution in [0.5, 0.6) is 0 Å². The van der Waals surface area contributed by atoms with Gasteiger partial charge in [0.15, 0.2) is 0 Å². The lowest BCUT2D eigenvalue weighted by atomic mass is 10.00. The summed E-state index contributed by atoms with van der Waals surface area (Å²) in [5, 5.41) is 3.14. The van der Waals surface area contributed by atoms with E-state index in [0.717, 1.165) is 11.1 Å². The number of benzene rings is 1. The van der Waals surface area contributed by atoms with Crippen LogP contribution in [-0.4, -0.2) is 50.1 Å². The molecular weight excluding hydrogens is 359 g/mol. The van der Waals surface area contributed by atoms with Crippen molar-refractivity contribution in [2.24, 2.45) is 0 Å². The molecule has 0 saturated carbocycles. The number of allylic oxidation sites excluding steroid dienone is 4. The minimum absolute atomic E-state index is 0.0978. The van der Waals surface area contributed by atoms with Crippen LogP contribution < -0.4 is 5.32 Å². The number of amides is 1. The Morgan fingerprint density at radius 2 is 2.14 bits per heavy atom. The van der Waals surface area contributed by atoms with Crippen molar-refractivity contribution in [3.63, 3.8) is 0 Å². The fourth-order valence-corrected chi connectivity index (χ4v) is 2.84. The standard InChI is InChI=1S/C22H29FN2O3/c1-5-21(23)20(18-11-9-16(2)10-12-18)8-6-7-13-25-15-19(28-22(25)26)14-24-17(3)27-4/h5-7,9-12,17,19,24H,1,8,13-15H2,2-4H3/b7-6-,21-20-. The number of rotatable bonds is 10. The van der Waals surface area contributed by atoms with Crippen LogP contribution in [0.1, 0.15) is 24.5 Å². The predicted octanol–water partition coefficient (Wildman–Crippen LogP) is 4.21. The summed E-state index contributed by atoms with van der Waals surface area (Å²) in [7, 11) is 1.62. The highest BCUT2D eigenvalue weighted by Crippen LogP contribution is 2.25. The summed E-state index contributed by atoms with van der Waals surface area (Å²) in [4.78, 5) is 13.6. The molecule has 1 aliphatic rings. The van der Waals surface area contributed by atoms with E-state index in [9.17, 15) is 9.18 Å². The van der Waals surface area contributed by atoms with Crippen LogP contribution in [0, 0.1) is 6.92 Å². The molecule has 5 nitrogen and oxygen atoms in total. The Morgan fingerprint density at radius 1 is 1.43 bits per heavy atom. The van der Waals surface area contributed by atoms with Crippen molar-refractivity contribution in [3.8, 4) is 0 Å². The molecule has 1 aromatic rings. The molecule has 1 amide bonds. The Bertz CT molecular complexity index is 728. The molecule has 1 aliphatic heterocycles.